The number of nitrogens with one attached hydrogen (secondary N) is 2. The molecule has 152 valence electrons. The summed E-state index contributed by atoms with van der Waals surface area (Å²) < 4.78 is 0. The minimum Gasteiger partial charge on any atom is -0.357 e. The Morgan fingerprint density at radius 1 is 1.04 bits per heavy atom. The Hall–Kier alpha value is -2.37. The number of guanidine groups is 1. The largest absolute Gasteiger partial charge is 0.357 e. The number of hydrogen-bond acceptors (Lipinski definition) is 3. The van der Waals surface area contributed by atoms with E-state index < -0.39 is 0 Å². The molecule has 1 aromatic carbocycles. The van der Waals surface area contributed by atoms with Crippen molar-refractivity contribution in [3.63, 3.8) is 0 Å². The number of hydrogen-bond donors (Lipinski definition) is 2. The maximum absolute atomic E-state index is 11.9. The number of rotatable bonds is 7. The molecule has 2 fully saturated rings. The van der Waals surface area contributed by atoms with Crippen molar-refractivity contribution in [3.8, 4) is 0 Å². The van der Waals surface area contributed by atoms with E-state index in [-0.39, 0.29) is 17.2 Å². The van der Waals surface area contributed by atoms with Crippen LogP contribution in [-0.4, -0.2) is 48.9 Å². The monoisotopic (exact) mass is 384 g/mol. The normalized spacial score (nSPS) is 19.8. The molecule has 0 unspecified atom stereocenters. The van der Waals surface area contributed by atoms with Crippen LogP contribution < -0.4 is 10.6 Å². The van der Waals surface area contributed by atoms with E-state index in [1.807, 2.05) is 6.92 Å². The van der Waals surface area contributed by atoms with Crippen LogP contribution in [0.15, 0.2) is 35.3 Å². The van der Waals surface area contributed by atoms with Gasteiger partial charge in [-0.25, -0.2) is 0 Å². The lowest BCUT2D eigenvalue weighted by Crippen LogP contribution is -2.46. The van der Waals surface area contributed by atoms with Crippen LogP contribution >= 0.6 is 0 Å². The van der Waals surface area contributed by atoms with E-state index in [0.717, 1.165) is 31.9 Å². The van der Waals surface area contributed by atoms with Crippen molar-refractivity contribution < 1.29 is 9.59 Å². The summed E-state index contributed by atoms with van der Waals surface area (Å²) in [5.74, 6) is 0.629. The number of benzene rings is 1. The van der Waals surface area contributed by atoms with Crippen LogP contribution in [0.3, 0.4) is 0 Å². The second-order valence-electron chi connectivity index (χ2n) is 7.77. The number of carbonyl (C=O) groups is 2. The number of piperidine rings is 1. The van der Waals surface area contributed by atoms with E-state index in [1.165, 1.54) is 23.3 Å². The van der Waals surface area contributed by atoms with Gasteiger partial charge in [-0.1, -0.05) is 43.2 Å². The summed E-state index contributed by atoms with van der Waals surface area (Å²) in [6, 6.07) is 10.7. The first kappa shape index (κ1) is 20.4. The first-order valence-corrected chi connectivity index (χ1v) is 10.6. The van der Waals surface area contributed by atoms with E-state index in [0.29, 0.717) is 32.4 Å². The number of nitrogens with zero attached hydrogens (tertiary/aromatic N) is 2. The van der Waals surface area contributed by atoms with E-state index in [2.05, 4.69) is 41.0 Å². The summed E-state index contributed by atoms with van der Waals surface area (Å²) in [4.78, 5) is 30.1. The molecule has 3 rings (SSSR count). The zero-order valence-electron chi connectivity index (χ0n) is 16.9. The molecule has 2 aliphatic rings. The highest BCUT2D eigenvalue weighted by atomic mass is 16.2. The second-order valence-corrected chi connectivity index (χ2v) is 7.77. The standard InChI is InChI=1S/C22H32N4O2/c1-2-23-21(24-15-16-26-19(27)11-8-12-20(26)28)25-17-22(13-6-7-14-22)18-9-4-3-5-10-18/h3-5,9-10H,2,6-8,11-17H2,1H3,(H2,23,24,25). The molecule has 1 saturated heterocycles. The van der Waals surface area contributed by atoms with Crippen LogP contribution in [0.2, 0.25) is 0 Å². The summed E-state index contributed by atoms with van der Waals surface area (Å²) in [5.41, 5.74) is 1.49. The Kier molecular flexibility index (Phi) is 7.06. The molecule has 1 saturated carbocycles. The maximum Gasteiger partial charge on any atom is 0.229 e. The van der Waals surface area contributed by atoms with Crippen LogP contribution in [0.25, 0.3) is 0 Å². The smallest absolute Gasteiger partial charge is 0.229 e. The average Bonchev–Trinajstić information content (AvgIpc) is 3.19. The summed E-state index contributed by atoms with van der Waals surface area (Å²) >= 11 is 0. The molecule has 0 spiro atoms. The van der Waals surface area contributed by atoms with Crippen LogP contribution in [0.5, 0.6) is 0 Å². The van der Waals surface area contributed by atoms with Gasteiger partial charge in [0.05, 0.1) is 6.54 Å². The first-order chi connectivity index (χ1) is 13.6. The van der Waals surface area contributed by atoms with Gasteiger partial charge in [-0.3, -0.25) is 19.5 Å². The second kappa shape index (κ2) is 9.71. The SMILES string of the molecule is CCNC(=NCC1(c2ccccc2)CCCC1)NCCN1C(=O)CCCC1=O. The van der Waals surface area contributed by atoms with E-state index in [9.17, 15) is 9.59 Å². The minimum atomic E-state index is -0.0611. The highest BCUT2D eigenvalue weighted by Crippen LogP contribution is 2.41. The molecule has 0 bridgehead atoms. The van der Waals surface area contributed by atoms with Gasteiger partial charge in [0.1, 0.15) is 0 Å². The van der Waals surface area contributed by atoms with Crippen LogP contribution in [0, 0.1) is 0 Å². The minimum absolute atomic E-state index is 0.0611. The molecule has 0 radical (unpaired) electrons. The van der Waals surface area contributed by atoms with Crippen molar-refractivity contribution in [1.82, 2.24) is 15.5 Å². The van der Waals surface area contributed by atoms with Crippen LogP contribution in [0.4, 0.5) is 0 Å². The van der Waals surface area contributed by atoms with Crippen molar-refractivity contribution in [2.45, 2.75) is 57.3 Å². The maximum atomic E-state index is 11.9. The predicted octanol–water partition coefficient (Wildman–Crippen LogP) is 2.59. The fourth-order valence-electron chi connectivity index (χ4n) is 4.29. The molecular weight excluding hydrogens is 352 g/mol. The quantitative estimate of drug-likeness (QED) is 0.431. The third-order valence-electron chi connectivity index (χ3n) is 5.84. The summed E-state index contributed by atoms with van der Waals surface area (Å²) in [6.45, 7) is 4.46. The van der Waals surface area contributed by atoms with E-state index in [1.54, 1.807) is 0 Å². The molecule has 28 heavy (non-hydrogen) atoms. The molecule has 1 aliphatic heterocycles. The Bertz CT molecular complexity index is 680. The highest BCUT2D eigenvalue weighted by molar-refractivity contribution is 5.97. The third-order valence-corrected chi connectivity index (χ3v) is 5.84. The Labute approximate surface area is 167 Å². The van der Waals surface area contributed by atoms with Crippen molar-refractivity contribution in [3.05, 3.63) is 35.9 Å². The molecular formula is C22H32N4O2. The van der Waals surface area contributed by atoms with Gasteiger partial charge in [0.25, 0.3) is 0 Å². The molecule has 6 nitrogen and oxygen atoms in total. The van der Waals surface area contributed by atoms with Gasteiger partial charge in [0.15, 0.2) is 5.96 Å². The highest BCUT2D eigenvalue weighted by Gasteiger charge is 2.35. The van der Waals surface area contributed by atoms with Crippen LogP contribution in [-0.2, 0) is 15.0 Å². The molecule has 1 heterocycles. The Morgan fingerprint density at radius 3 is 2.36 bits per heavy atom. The topological polar surface area (TPSA) is 73.8 Å². The average molecular weight is 385 g/mol. The molecule has 1 aliphatic carbocycles. The summed E-state index contributed by atoms with van der Waals surface area (Å²) in [5, 5.41) is 6.58. The first-order valence-electron chi connectivity index (χ1n) is 10.6. The van der Waals surface area contributed by atoms with Crippen molar-refractivity contribution >= 4 is 17.8 Å². The number of aliphatic imine (C=N–C) groups is 1. The third kappa shape index (κ3) is 4.91. The van der Waals surface area contributed by atoms with Gasteiger partial charge in [0.2, 0.25) is 11.8 Å². The Balaban J connectivity index is 1.61. The molecule has 2 N–H and O–H groups in total. The molecule has 1 aromatic rings. The van der Waals surface area contributed by atoms with Crippen LogP contribution in [0.1, 0.15) is 57.4 Å². The van der Waals surface area contributed by atoms with E-state index in [4.69, 9.17) is 4.99 Å². The van der Waals surface area contributed by atoms with Crippen molar-refractivity contribution in [2.24, 2.45) is 4.99 Å². The van der Waals surface area contributed by atoms with E-state index >= 15 is 0 Å². The van der Waals surface area contributed by atoms with Gasteiger partial charge in [-0.15, -0.1) is 0 Å². The fraction of sp³-hybridized carbons (Fsp3) is 0.591. The molecule has 6 heteroatoms. The molecule has 0 atom stereocenters. The lowest BCUT2D eigenvalue weighted by Gasteiger charge is -2.28. The number of likely N-dealkylation sites (tertiary alicyclic amines) is 1. The fourth-order valence-corrected chi connectivity index (χ4v) is 4.29. The number of imide groups is 1. The summed E-state index contributed by atoms with van der Waals surface area (Å²) in [6.07, 6.45) is 6.43. The number of carbonyl (C=O) groups excluding carboxylic acids is 2. The van der Waals surface area contributed by atoms with Gasteiger partial charge < -0.3 is 10.6 Å². The van der Waals surface area contributed by atoms with Crippen molar-refractivity contribution in [2.75, 3.05) is 26.2 Å². The zero-order chi connectivity index (χ0) is 19.8. The zero-order valence-corrected chi connectivity index (χ0v) is 16.9. The predicted molar refractivity (Wildman–Crippen MR) is 111 cm³/mol. The van der Waals surface area contributed by atoms with Gasteiger partial charge in [0, 0.05) is 37.9 Å². The molecule has 2 amide bonds. The molecule has 0 aromatic heterocycles. The lowest BCUT2D eigenvalue weighted by atomic mass is 9.79. The van der Waals surface area contributed by atoms with Gasteiger partial charge in [-0.2, -0.15) is 0 Å². The van der Waals surface area contributed by atoms with Gasteiger partial charge in [-0.05, 0) is 31.7 Å². The van der Waals surface area contributed by atoms with Gasteiger partial charge >= 0.3 is 0 Å². The number of amides is 2. The lowest BCUT2D eigenvalue weighted by molar-refractivity contribution is -0.147. The Morgan fingerprint density at radius 2 is 1.71 bits per heavy atom. The van der Waals surface area contributed by atoms with Crippen molar-refractivity contribution in [1.29, 1.82) is 0 Å². The summed E-state index contributed by atoms with van der Waals surface area (Å²) in [7, 11) is 0.